The lowest BCUT2D eigenvalue weighted by Gasteiger charge is -2.31. The van der Waals surface area contributed by atoms with Crippen LogP contribution in [0.25, 0.3) is 0 Å². The zero-order chi connectivity index (χ0) is 20.9. The summed E-state index contributed by atoms with van der Waals surface area (Å²) in [5, 5.41) is 9.41. The molecule has 2 aromatic carbocycles. The van der Waals surface area contributed by atoms with Gasteiger partial charge in [0.1, 0.15) is 19.0 Å². The molecule has 0 radical (unpaired) electrons. The number of aliphatic imine (C=N–C) groups is 2. The molecular weight excluding hydrogens is 384 g/mol. The normalized spacial score (nSPS) is 13.6. The molecule has 0 aliphatic carbocycles. The molecule has 154 valence electrons. The highest BCUT2D eigenvalue weighted by Gasteiger charge is 2.28. The van der Waals surface area contributed by atoms with Crippen LogP contribution in [0, 0.1) is 11.3 Å². The van der Waals surface area contributed by atoms with E-state index in [1.807, 2.05) is 29.2 Å². The smallest absolute Gasteiger partial charge is 0.163 e. The van der Waals surface area contributed by atoms with Crippen molar-refractivity contribution in [2.75, 3.05) is 40.6 Å². The summed E-state index contributed by atoms with van der Waals surface area (Å²) < 4.78 is 21.9. The maximum Gasteiger partial charge on any atom is 0.163 e. The van der Waals surface area contributed by atoms with E-state index in [2.05, 4.69) is 11.1 Å². The van der Waals surface area contributed by atoms with Crippen LogP contribution in [-0.4, -0.2) is 57.7 Å². The summed E-state index contributed by atoms with van der Waals surface area (Å²) in [5.41, 5.74) is 3.91. The average Bonchev–Trinajstić information content (AvgIpc) is 2.77. The van der Waals surface area contributed by atoms with Crippen molar-refractivity contribution < 1.29 is 18.9 Å². The fourth-order valence-electron chi connectivity index (χ4n) is 3.35. The number of benzene rings is 2. The standard InChI is InChI=1S/C22H22N4O4/c1-27-6-8-29-20-10-16-19(11-21(20)30-9-7-28-2)24-14-26-13-17-15(12-23)4-3-5-18(17)25-22(16)26/h3-5,10-11,14H,6-9,13H2,1-2H3. The molecule has 30 heavy (non-hydrogen) atoms. The van der Waals surface area contributed by atoms with Gasteiger partial charge in [0.15, 0.2) is 11.5 Å². The minimum Gasteiger partial charge on any atom is -0.487 e. The van der Waals surface area contributed by atoms with Gasteiger partial charge in [-0.3, -0.25) is 0 Å². The molecule has 4 rings (SSSR count). The number of amidine groups is 1. The van der Waals surface area contributed by atoms with Gasteiger partial charge in [0, 0.05) is 31.4 Å². The van der Waals surface area contributed by atoms with Gasteiger partial charge in [-0.15, -0.1) is 0 Å². The Hall–Kier alpha value is -3.41. The third-order valence-corrected chi connectivity index (χ3v) is 4.83. The molecule has 0 aromatic heterocycles. The van der Waals surface area contributed by atoms with Crippen molar-refractivity contribution in [1.82, 2.24) is 4.90 Å². The maximum absolute atomic E-state index is 9.41. The highest BCUT2D eigenvalue weighted by molar-refractivity contribution is 6.12. The van der Waals surface area contributed by atoms with Crippen LogP contribution >= 0.6 is 0 Å². The van der Waals surface area contributed by atoms with Gasteiger partial charge in [-0.2, -0.15) is 5.26 Å². The molecule has 0 amide bonds. The van der Waals surface area contributed by atoms with Gasteiger partial charge in [0.25, 0.3) is 0 Å². The molecule has 0 saturated carbocycles. The zero-order valence-corrected chi connectivity index (χ0v) is 16.9. The van der Waals surface area contributed by atoms with Crippen molar-refractivity contribution in [3.8, 4) is 17.6 Å². The second-order valence-electron chi connectivity index (χ2n) is 6.72. The van der Waals surface area contributed by atoms with Gasteiger partial charge in [-0.25, -0.2) is 9.98 Å². The largest absolute Gasteiger partial charge is 0.487 e. The Kier molecular flexibility index (Phi) is 5.93. The first-order valence-corrected chi connectivity index (χ1v) is 9.58. The zero-order valence-electron chi connectivity index (χ0n) is 16.9. The first-order valence-electron chi connectivity index (χ1n) is 9.58. The van der Waals surface area contributed by atoms with Crippen LogP contribution in [0.5, 0.6) is 11.5 Å². The van der Waals surface area contributed by atoms with E-state index in [1.54, 1.807) is 26.6 Å². The fraction of sp³-hybridized carbons (Fsp3) is 0.318. The minimum atomic E-state index is 0.393. The van der Waals surface area contributed by atoms with Crippen LogP contribution in [0.2, 0.25) is 0 Å². The van der Waals surface area contributed by atoms with Crippen molar-refractivity contribution in [2.24, 2.45) is 9.98 Å². The molecule has 8 nitrogen and oxygen atoms in total. The fourth-order valence-corrected chi connectivity index (χ4v) is 3.35. The summed E-state index contributed by atoms with van der Waals surface area (Å²) in [6.07, 6.45) is 1.74. The number of hydrogen-bond acceptors (Lipinski definition) is 8. The first-order chi connectivity index (χ1) is 14.7. The van der Waals surface area contributed by atoms with E-state index < -0.39 is 0 Å². The summed E-state index contributed by atoms with van der Waals surface area (Å²) in [5.74, 6) is 1.96. The van der Waals surface area contributed by atoms with E-state index in [4.69, 9.17) is 23.9 Å². The van der Waals surface area contributed by atoms with Crippen molar-refractivity contribution in [1.29, 1.82) is 5.26 Å². The Morgan fingerprint density at radius 2 is 1.73 bits per heavy atom. The molecule has 0 saturated heterocycles. The van der Waals surface area contributed by atoms with Gasteiger partial charge in [-0.1, -0.05) is 6.07 Å². The Balaban J connectivity index is 1.74. The van der Waals surface area contributed by atoms with Crippen LogP contribution in [0.4, 0.5) is 11.4 Å². The highest BCUT2D eigenvalue weighted by atomic mass is 16.5. The summed E-state index contributed by atoms with van der Waals surface area (Å²) >= 11 is 0. The Labute approximate surface area is 175 Å². The predicted octanol–water partition coefficient (Wildman–Crippen LogP) is 3.18. The summed E-state index contributed by atoms with van der Waals surface area (Å²) in [6, 6.07) is 11.6. The van der Waals surface area contributed by atoms with Crippen molar-refractivity contribution in [3.05, 3.63) is 47.0 Å². The number of methoxy groups -OCH3 is 2. The van der Waals surface area contributed by atoms with Crippen molar-refractivity contribution in [3.63, 3.8) is 0 Å². The topological polar surface area (TPSA) is 88.7 Å². The van der Waals surface area contributed by atoms with Gasteiger partial charge >= 0.3 is 0 Å². The van der Waals surface area contributed by atoms with Crippen LogP contribution in [-0.2, 0) is 16.0 Å². The quantitative estimate of drug-likeness (QED) is 0.626. The van der Waals surface area contributed by atoms with Crippen LogP contribution in [0.3, 0.4) is 0 Å². The van der Waals surface area contributed by atoms with Gasteiger partial charge in [-0.05, 0) is 18.2 Å². The molecule has 0 fully saturated rings. The van der Waals surface area contributed by atoms with E-state index in [0.717, 1.165) is 28.3 Å². The molecule has 0 bridgehead atoms. The lowest BCUT2D eigenvalue weighted by molar-refractivity contribution is 0.132. The average molecular weight is 406 g/mol. The molecule has 2 aliphatic rings. The third kappa shape index (κ3) is 3.85. The van der Waals surface area contributed by atoms with Crippen LogP contribution in [0.1, 0.15) is 16.7 Å². The summed E-state index contributed by atoms with van der Waals surface area (Å²) in [4.78, 5) is 11.3. The number of ether oxygens (including phenoxy) is 4. The van der Waals surface area contributed by atoms with Crippen molar-refractivity contribution >= 4 is 23.5 Å². The molecule has 2 aliphatic heterocycles. The second kappa shape index (κ2) is 8.95. The number of nitrogens with zero attached hydrogens (tertiary/aromatic N) is 4. The van der Waals surface area contributed by atoms with E-state index in [9.17, 15) is 5.26 Å². The van der Waals surface area contributed by atoms with Crippen molar-refractivity contribution in [2.45, 2.75) is 6.54 Å². The summed E-state index contributed by atoms with van der Waals surface area (Å²) in [7, 11) is 3.25. The number of nitriles is 1. The Bertz CT molecular complexity index is 1040. The Morgan fingerprint density at radius 1 is 1.00 bits per heavy atom. The summed E-state index contributed by atoms with van der Waals surface area (Å²) in [6.45, 7) is 2.26. The molecule has 8 heteroatoms. The Morgan fingerprint density at radius 3 is 2.43 bits per heavy atom. The number of hydrogen-bond donors (Lipinski definition) is 0. The molecule has 0 unspecified atom stereocenters. The predicted molar refractivity (Wildman–Crippen MR) is 112 cm³/mol. The van der Waals surface area contributed by atoms with E-state index >= 15 is 0 Å². The molecule has 0 atom stereocenters. The number of fused-ring (bicyclic) bond motifs is 4. The van der Waals surface area contributed by atoms with Gasteiger partial charge in [0.2, 0.25) is 0 Å². The van der Waals surface area contributed by atoms with Gasteiger partial charge < -0.3 is 23.8 Å². The number of rotatable bonds is 8. The minimum absolute atomic E-state index is 0.393. The lowest BCUT2D eigenvalue weighted by Crippen LogP contribution is -2.34. The molecule has 2 aromatic rings. The molecule has 0 spiro atoms. The SMILES string of the molecule is COCCOc1cc2c(cc1OCCOC)C1=Nc3cccc(C#N)c3CN1C=N2. The third-order valence-electron chi connectivity index (χ3n) is 4.83. The lowest BCUT2D eigenvalue weighted by atomic mass is 10.0. The van der Waals surface area contributed by atoms with Crippen LogP contribution < -0.4 is 9.47 Å². The molecule has 2 heterocycles. The second-order valence-corrected chi connectivity index (χ2v) is 6.72. The van der Waals surface area contributed by atoms with Crippen LogP contribution in [0.15, 0.2) is 40.3 Å². The highest BCUT2D eigenvalue weighted by Crippen LogP contribution is 2.40. The maximum atomic E-state index is 9.41. The van der Waals surface area contributed by atoms with Gasteiger partial charge in [0.05, 0.1) is 49.1 Å². The first kappa shape index (κ1) is 19.9. The van der Waals surface area contributed by atoms with E-state index in [1.165, 1.54) is 0 Å². The molecular formula is C22H22N4O4. The molecule has 0 N–H and O–H groups in total. The van der Waals surface area contributed by atoms with E-state index in [-0.39, 0.29) is 0 Å². The van der Waals surface area contributed by atoms with E-state index in [0.29, 0.717) is 50.0 Å². The monoisotopic (exact) mass is 406 g/mol.